The highest BCUT2D eigenvalue weighted by atomic mass is 32.2. The molecular weight excluding hydrogens is 260 g/mol. The van der Waals surface area contributed by atoms with Crippen LogP contribution in [0.5, 0.6) is 0 Å². The van der Waals surface area contributed by atoms with Crippen LogP contribution in [0.4, 0.5) is 8.78 Å². The fourth-order valence-corrected chi connectivity index (χ4v) is 2.41. The molecule has 0 amide bonds. The highest BCUT2D eigenvalue weighted by molar-refractivity contribution is 7.99. The van der Waals surface area contributed by atoms with E-state index in [4.69, 9.17) is 5.11 Å². The zero-order chi connectivity index (χ0) is 13.5. The van der Waals surface area contributed by atoms with E-state index >= 15 is 0 Å². The zero-order valence-electron chi connectivity index (χ0n) is 9.95. The minimum Gasteiger partial charge on any atom is -0.480 e. The van der Waals surface area contributed by atoms with Gasteiger partial charge in [0.05, 0.1) is 0 Å². The quantitative estimate of drug-likeness (QED) is 0.751. The minimum atomic E-state index is -0.933. The van der Waals surface area contributed by atoms with Crippen LogP contribution in [0.25, 0.3) is 0 Å². The maximum atomic E-state index is 13.3. The molecule has 1 rings (SSSR count). The Labute approximate surface area is 109 Å². The number of aliphatic carboxylic acids is 1. The van der Waals surface area contributed by atoms with Gasteiger partial charge in [0.2, 0.25) is 0 Å². The van der Waals surface area contributed by atoms with Crippen molar-refractivity contribution in [2.45, 2.75) is 24.3 Å². The van der Waals surface area contributed by atoms with E-state index in [-0.39, 0.29) is 4.90 Å². The van der Waals surface area contributed by atoms with Crippen molar-refractivity contribution < 1.29 is 18.7 Å². The molecule has 1 unspecified atom stereocenters. The third kappa shape index (κ3) is 4.62. The van der Waals surface area contributed by atoms with E-state index in [0.29, 0.717) is 18.7 Å². The van der Waals surface area contributed by atoms with Crippen LogP contribution in [0.1, 0.15) is 13.3 Å². The summed E-state index contributed by atoms with van der Waals surface area (Å²) in [4.78, 5) is 11.1. The monoisotopic (exact) mass is 275 g/mol. The van der Waals surface area contributed by atoms with Gasteiger partial charge in [-0.15, -0.1) is 11.8 Å². The van der Waals surface area contributed by atoms with E-state index in [2.05, 4.69) is 5.32 Å². The number of hydrogen-bond acceptors (Lipinski definition) is 3. The first-order valence-electron chi connectivity index (χ1n) is 5.58. The number of carboxylic acid groups (broad SMARTS) is 1. The summed E-state index contributed by atoms with van der Waals surface area (Å²) >= 11 is 1.11. The fourth-order valence-electron chi connectivity index (χ4n) is 1.43. The highest BCUT2D eigenvalue weighted by Gasteiger charge is 2.15. The Balaban J connectivity index is 2.49. The van der Waals surface area contributed by atoms with Crippen molar-refractivity contribution in [2.24, 2.45) is 0 Å². The lowest BCUT2D eigenvalue weighted by atomic mass is 10.2. The van der Waals surface area contributed by atoms with Gasteiger partial charge >= 0.3 is 5.97 Å². The molecule has 0 saturated heterocycles. The van der Waals surface area contributed by atoms with Crippen LogP contribution in [0.15, 0.2) is 23.1 Å². The van der Waals surface area contributed by atoms with Gasteiger partial charge in [-0.2, -0.15) is 0 Å². The number of rotatable bonds is 7. The third-order valence-corrected chi connectivity index (χ3v) is 3.37. The molecule has 0 aliphatic rings. The summed E-state index contributed by atoms with van der Waals surface area (Å²) in [5.74, 6) is -1.51. The van der Waals surface area contributed by atoms with Crippen molar-refractivity contribution in [2.75, 3.05) is 12.3 Å². The van der Waals surface area contributed by atoms with Crippen molar-refractivity contribution in [3.05, 3.63) is 29.8 Å². The van der Waals surface area contributed by atoms with Crippen LogP contribution in [0.2, 0.25) is 0 Å². The van der Waals surface area contributed by atoms with Gasteiger partial charge in [0.25, 0.3) is 0 Å². The Morgan fingerprint density at radius 1 is 1.50 bits per heavy atom. The van der Waals surface area contributed by atoms with Crippen molar-refractivity contribution in [1.29, 1.82) is 0 Å². The maximum Gasteiger partial charge on any atom is 0.320 e. The molecule has 2 N–H and O–H groups in total. The normalized spacial score (nSPS) is 12.4. The van der Waals surface area contributed by atoms with E-state index in [0.717, 1.165) is 30.0 Å². The standard InChI is InChI=1S/C12H15F2NO2S/c1-2-15-10(12(16)17)5-6-18-11-7-8(13)3-4-9(11)14/h3-4,7,10,15H,2,5-6H2,1H3,(H,16,17). The number of carboxylic acids is 1. The summed E-state index contributed by atoms with van der Waals surface area (Å²) in [6.07, 6.45) is 0.351. The number of benzene rings is 1. The smallest absolute Gasteiger partial charge is 0.320 e. The molecule has 0 aliphatic heterocycles. The molecule has 0 spiro atoms. The summed E-state index contributed by atoms with van der Waals surface area (Å²) in [5.41, 5.74) is 0. The fraction of sp³-hybridized carbons (Fsp3) is 0.417. The van der Waals surface area contributed by atoms with Gasteiger partial charge < -0.3 is 10.4 Å². The maximum absolute atomic E-state index is 13.3. The molecule has 6 heteroatoms. The molecule has 0 aliphatic carbocycles. The molecule has 1 aromatic rings. The van der Waals surface area contributed by atoms with Crippen molar-refractivity contribution in [3.8, 4) is 0 Å². The Hall–Kier alpha value is -1.14. The number of carbonyl (C=O) groups is 1. The molecule has 3 nitrogen and oxygen atoms in total. The third-order valence-electron chi connectivity index (χ3n) is 2.31. The van der Waals surface area contributed by atoms with Gasteiger partial charge in [-0.1, -0.05) is 6.92 Å². The zero-order valence-corrected chi connectivity index (χ0v) is 10.8. The van der Waals surface area contributed by atoms with Crippen LogP contribution in [0.3, 0.4) is 0 Å². The van der Waals surface area contributed by atoms with E-state index < -0.39 is 23.6 Å². The Morgan fingerprint density at radius 2 is 2.22 bits per heavy atom. The van der Waals surface area contributed by atoms with Crippen LogP contribution >= 0.6 is 11.8 Å². The Morgan fingerprint density at radius 3 is 2.83 bits per heavy atom. The molecule has 1 aromatic carbocycles. The molecular formula is C12H15F2NO2S. The van der Waals surface area contributed by atoms with Crippen molar-refractivity contribution in [1.82, 2.24) is 5.32 Å². The molecule has 0 bridgehead atoms. The average Bonchev–Trinajstić information content (AvgIpc) is 2.32. The lowest BCUT2D eigenvalue weighted by molar-refractivity contribution is -0.139. The first-order valence-corrected chi connectivity index (χ1v) is 6.57. The van der Waals surface area contributed by atoms with Crippen LogP contribution in [-0.4, -0.2) is 29.4 Å². The van der Waals surface area contributed by atoms with Gasteiger partial charge in [-0.3, -0.25) is 4.79 Å². The van der Waals surface area contributed by atoms with Gasteiger partial charge in [0.15, 0.2) is 0 Å². The molecule has 0 radical (unpaired) electrons. The van der Waals surface area contributed by atoms with Crippen LogP contribution < -0.4 is 5.32 Å². The second kappa shape index (κ2) is 7.33. The van der Waals surface area contributed by atoms with Crippen LogP contribution in [-0.2, 0) is 4.79 Å². The number of thioether (sulfide) groups is 1. The summed E-state index contributed by atoms with van der Waals surface area (Å²) < 4.78 is 26.2. The minimum absolute atomic E-state index is 0.204. The van der Waals surface area contributed by atoms with Crippen LogP contribution in [0, 0.1) is 11.6 Å². The number of likely N-dealkylation sites (N-methyl/N-ethyl adjacent to an activating group) is 1. The lowest BCUT2D eigenvalue weighted by Gasteiger charge is -2.12. The summed E-state index contributed by atoms with van der Waals surface area (Å²) in [5, 5.41) is 11.7. The SMILES string of the molecule is CCNC(CCSc1cc(F)ccc1F)C(=O)O. The van der Waals surface area contributed by atoms with Crippen molar-refractivity contribution in [3.63, 3.8) is 0 Å². The average molecular weight is 275 g/mol. The Kier molecular flexibility index (Phi) is 6.07. The van der Waals surface area contributed by atoms with E-state index in [1.165, 1.54) is 0 Å². The lowest BCUT2D eigenvalue weighted by Crippen LogP contribution is -2.36. The Bertz CT molecular complexity index is 415. The van der Waals surface area contributed by atoms with Gasteiger partial charge in [0.1, 0.15) is 17.7 Å². The summed E-state index contributed by atoms with van der Waals surface area (Å²) in [7, 11) is 0. The molecule has 18 heavy (non-hydrogen) atoms. The summed E-state index contributed by atoms with van der Waals surface area (Å²) in [6, 6.07) is 2.58. The number of halogens is 2. The topological polar surface area (TPSA) is 49.3 Å². The first-order chi connectivity index (χ1) is 8.54. The number of hydrogen-bond donors (Lipinski definition) is 2. The molecule has 0 heterocycles. The van der Waals surface area contributed by atoms with E-state index in [1.807, 2.05) is 6.92 Å². The summed E-state index contributed by atoms with van der Waals surface area (Å²) in [6.45, 7) is 2.37. The van der Waals surface area contributed by atoms with Gasteiger partial charge in [-0.05, 0) is 31.2 Å². The predicted molar refractivity (Wildman–Crippen MR) is 66.8 cm³/mol. The van der Waals surface area contributed by atoms with Gasteiger partial charge in [0, 0.05) is 10.6 Å². The molecule has 100 valence electrons. The first kappa shape index (κ1) is 14.9. The number of nitrogens with one attached hydrogen (secondary N) is 1. The van der Waals surface area contributed by atoms with E-state index in [1.54, 1.807) is 0 Å². The predicted octanol–water partition coefficient (Wildman–Crippen LogP) is 2.51. The molecule has 1 atom stereocenters. The molecule has 0 saturated carbocycles. The largest absolute Gasteiger partial charge is 0.480 e. The molecule has 0 fully saturated rings. The van der Waals surface area contributed by atoms with Crippen molar-refractivity contribution >= 4 is 17.7 Å². The second-order valence-corrected chi connectivity index (χ2v) is 4.80. The highest BCUT2D eigenvalue weighted by Crippen LogP contribution is 2.23. The van der Waals surface area contributed by atoms with E-state index in [9.17, 15) is 13.6 Å². The molecule has 0 aromatic heterocycles. The van der Waals surface area contributed by atoms with Gasteiger partial charge in [-0.25, -0.2) is 8.78 Å². The second-order valence-electron chi connectivity index (χ2n) is 3.66.